The molecular weight excluding hydrogens is 176 g/mol. The molecule has 0 fully saturated rings. The monoisotopic (exact) mass is 194 g/mol. The van der Waals surface area contributed by atoms with Crippen LogP contribution in [-0.2, 0) is 0 Å². The van der Waals surface area contributed by atoms with E-state index in [1.54, 1.807) is 7.11 Å². The molecule has 0 saturated carbocycles. The molecule has 0 radical (unpaired) electrons. The third-order valence-corrected chi connectivity index (χ3v) is 2.46. The number of aryl methyl sites for hydroxylation is 2. The molecule has 2 nitrogen and oxygen atoms in total. The zero-order valence-electron chi connectivity index (χ0n) is 9.29. The Hall–Kier alpha value is -1.02. The average molecular weight is 194 g/mol. The maximum absolute atomic E-state index is 9.13. The van der Waals surface area contributed by atoms with E-state index in [0.717, 1.165) is 16.9 Å². The first-order chi connectivity index (χ1) is 6.60. The number of rotatable bonds is 3. The number of hydrogen-bond acceptors (Lipinski definition) is 2. The van der Waals surface area contributed by atoms with E-state index in [1.807, 2.05) is 13.8 Å². The second kappa shape index (κ2) is 4.47. The van der Waals surface area contributed by atoms with Crippen LogP contribution in [0.4, 0.5) is 0 Å². The third kappa shape index (κ3) is 2.07. The van der Waals surface area contributed by atoms with Crippen molar-refractivity contribution in [3.05, 3.63) is 28.8 Å². The molecule has 1 rings (SSSR count). The molecule has 1 atom stereocenters. The van der Waals surface area contributed by atoms with E-state index in [4.69, 9.17) is 9.84 Å². The topological polar surface area (TPSA) is 29.5 Å². The van der Waals surface area contributed by atoms with Crippen molar-refractivity contribution in [2.24, 2.45) is 0 Å². The first-order valence-corrected chi connectivity index (χ1v) is 4.86. The van der Waals surface area contributed by atoms with Crippen LogP contribution in [0.2, 0.25) is 0 Å². The molecule has 0 aliphatic rings. The minimum atomic E-state index is 0.128. The van der Waals surface area contributed by atoms with Crippen LogP contribution < -0.4 is 4.74 Å². The van der Waals surface area contributed by atoms with Crippen molar-refractivity contribution in [1.29, 1.82) is 0 Å². The number of hydrogen-bond donors (Lipinski definition) is 1. The summed E-state index contributed by atoms with van der Waals surface area (Å²) in [6.45, 7) is 6.23. The van der Waals surface area contributed by atoms with Gasteiger partial charge in [-0.3, -0.25) is 0 Å². The first kappa shape index (κ1) is 11.1. The molecule has 0 aromatic heterocycles. The molecule has 0 aliphatic heterocycles. The van der Waals surface area contributed by atoms with Gasteiger partial charge in [-0.05, 0) is 25.0 Å². The van der Waals surface area contributed by atoms with Crippen LogP contribution in [0, 0.1) is 13.8 Å². The molecular formula is C12H18O2. The molecule has 0 saturated heterocycles. The van der Waals surface area contributed by atoms with Crippen LogP contribution in [0.25, 0.3) is 0 Å². The number of aliphatic hydroxyl groups is 1. The first-order valence-electron chi connectivity index (χ1n) is 4.86. The predicted molar refractivity (Wildman–Crippen MR) is 58.0 cm³/mol. The molecule has 0 bridgehead atoms. The Bertz CT molecular complexity index is 318. The quantitative estimate of drug-likeness (QED) is 0.800. The van der Waals surface area contributed by atoms with Gasteiger partial charge in [0.15, 0.2) is 0 Å². The number of aliphatic hydroxyl groups excluding tert-OH is 1. The molecule has 2 heteroatoms. The van der Waals surface area contributed by atoms with E-state index < -0.39 is 0 Å². The van der Waals surface area contributed by atoms with E-state index >= 15 is 0 Å². The van der Waals surface area contributed by atoms with Crippen molar-refractivity contribution in [2.75, 3.05) is 13.7 Å². The lowest BCUT2D eigenvalue weighted by Gasteiger charge is -2.16. The second-order valence-electron chi connectivity index (χ2n) is 3.79. The van der Waals surface area contributed by atoms with Crippen molar-refractivity contribution in [3.8, 4) is 5.75 Å². The Balaban J connectivity index is 3.24. The van der Waals surface area contributed by atoms with Gasteiger partial charge in [-0.25, -0.2) is 0 Å². The van der Waals surface area contributed by atoms with Crippen molar-refractivity contribution in [1.82, 2.24) is 0 Å². The van der Waals surface area contributed by atoms with E-state index in [0.29, 0.717) is 0 Å². The lowest BCUT2D eigenvalue weighted by Crippen LogP contribution is -2.03. The number of benzene rings is 1. The molecule has 0 spiro atoms. The molecule has 14 heavy (non-hydrogen) atoms. The predicted octanol–water partition coefficient (Wildman–Crippen LogP) is 2.41. The molecule has 1 N–H and O–H groups in total. The summed E-state index contributed by atoms with van der Waals surface area (Å²) in [6, 6.07) is 4.17. The fraction of sp³-hybridized carbons (Fsp3) is 0.500. The highest BCUT2D eigenvalue weighted by atomic mass is 16.5. The Morgan fingerprint density at radius 2 is 2.00 bits per heavy atom. The largest absolute Gasteiger partial charge is 0.496 e. The highest BCUT2D eigenvalue weighted by molar-refractivity contribution is 5.45. The normalized spacial score (nSPS) is 12.6. The van der Waals surface area contributed by atoms with Gasteiger partial charge in [0.2, 0.25) is 0 Å². The lowest BCUT2D eigenvalue weighted by molar-refractivity contribution is 0.269. The minimum absolute atomic E-state index is 0.128. The molecule has 78 valence electrons. The van der Waals surface area contributed by atoms with Gasteiger partial charge < -0.3 is 9.84 Å². The minimum Gasteiger partial charge on any atom is -0.496 e. The van der Waals surface area contributed by atoms with Gasteiger partial charge in [0.05, 0.1) is 7.11 Å². The summed E-state index contributed by atoms with van der Waals surface area (Å²) < 4.78 is 5.34. The van der Waals surface area contributed by atoms with E-state index in [1.165, 1.54) is 5.56 Å². The Morgan fingerprint density at radius 3 is 2.50 bits per heavy atom. The van der Waals surface area contributed by atoms with Gasteiger partial charge in [-0.15, -0.1) is 0 Å². The van der Waals surface area contributed by atoms with Crippen molar-refractivity contribution < 1.29 is 9.84 Å². The highest BCUT2D eigenvalue weighted by Crippen LogP contribution is 2.30. The van der Waals surface area contributed by atoms with Gasteiger partial charge in [0, 0.05) is 12.5 Å². The lowest BCUT2D eigenvalue weighted by atomic mass is 9.96. The smallest absolute Gasteiger partial charge is 0.125 e. The molecule has 0 amide bonds. The molecule has 0 aliphatic carbocycles. The summed E-state index contributed by atoms with van der Waals surface area (Å²) in [5, 5.41) is 9.13. The van der Waals surface area contributed by atoms with Crippen LogP contribution >= 0.6 is 0 Å². The second-order valence-corrected chi connectivity index (χ2v) is 3.79. The van der Waals surface area contributed by atoms with E-state index in [-0.39, 0.29) is 12.5 Å². The molecule has 1 aromatic carbocycles. The van der Waals surface area contributed by atoms with Gasteiger partial charge in [-0.2, -0.15) is 0 Å². The van der Waals surface area contributed by atoms with E-state index in [2.05, 4.69) is 19.1 Å². The SMILES string of the molecule is COc1c(C)cc(C)cc1C(C)CO. The van der Waals surface area contributed by atoms with Crippen molar-refractivity contribution in [3.63, 3.8) is 0 Å². The summed E-state index contributed by atoms with van der Waals surface area (Å²) in [7, 11) is 1.67. The number of ether oxygens (including phenoxy) is 1. The fourth-order valence-corrected chi connectivity index (χ4v) is 1.73. The van der Waals surface area contributed by atoms with Crippen molar-refractivity contribution >= 4 is 0 Å². The maximum Gasteiger partial charge on any atom is 0.125 e. The maximum atomic E-state index is 9.13. The third-order valence-electron chi connectivity index (χ3n) is 2.46. The zero-order chi connectivity index (χ0) is 10.7. The Labute approximate surface area is 85.5 Å². The Morgan fingerprint density at radius 1 is 1.36 bits per heavy atom. The van der Waals surface area contributed by atoms with Crippen LogP contribution in [0.15, 0.2) is 12.1 Å². The van der Waals surface area contributed by atoms with Crippen LogP contribution in [0.5, 0.6) is 5.75 Å². The van der Waals surface area contributed by atoms with Gasteiger partial charge in [0.25, 0.3) is 0 Å². The zero-order valence-corrected chi connectivity index (χ0v) is 9.29. The highest BCUT2D eigenvalue weighted by Gasteiger charge is 2.12. The van der Waals surface area contributed by atoms with Gasteiger partial charge in [0.1, 0.15) is 5.75 Å². The fourth-order valence-electron chi connectivity index (χ4n) is 1.73. The molecule has 1 aromatic rings. The summed E-state index contributed by atoms with van der Waals surface area (Å²) in [6.07, 6.45) is 0. The Kier molecular flexibility index (Phi) is 3.53. The standard InChI is InChI=1S/C12H18O2/c1-8-5-9(2)12(14-4)11(6-8)10(3)7-13/h5-6,10,13H,7H2,1-4H3. The summed E-state index contributed by atoms with van der Waals surface area (Å²) in [4.78, 5) is 0. The summed E-state index contributed by atoms with van der Waals surface area (Å²) >= 11 is 0. The molecule has 1 unspecified atom stereocenters. The van der Waals surface area contributed by atoms with Gasteiger partial charge in [-0.1, -0.05) is 24.6 Å². The van der Waals surface area contributed by atoms with Crippen LogP contribution in [0.1, 0.15) is 29.5 Å². The van der Waals surface area contributed by atoms with Crippen molar-refractivity contribution in [2.45, 2.75) is 26.7 Å². The average Bonchev–Trinajstić information content (AvgIpc) is 2.15. The van der Waals surface area contributed by atoms with Gasteiger partial charge >= 0.3 is 0 Å². The number of methoxy groups -OCH3 is 1. The van der Waals surface area contributed by atoms with Crippen LogP contribution in [0.3, 0.4) is 0 Å². The van der Waals surface area contributed by atoms with E-state index in [9.17, 15) is 0 Å². The molecule has 0 heterocycles. The summed E-state index contributed by atoms with van der Waals surface area (Å²) in [5.41, 5.74) is 3.42. The van der Waals surface area contributed by atoms with Crippen LogP contribution in [-0.4, -0.2) is 18.8 Å². The summed E-state index contributed by atoms with van der Waals surface area (Å²) in [5.74, 6) is 1.03.